The van der Waals surface area contributed by atoms with Crippen molar-refractivity contribution < 1.29 is 18.8 Å². The fraction of sp³-hybridized carbons (Fsp3) is 0.438. The van der Waals surface area contributed by atoms with Crippen LogP contribution in [-0.2, 0) is 4.79 Å². The summed E-state index contributed by atoms with van der Waals surface area (Å²) in [5.41, 5.74) is 0.888. The van der Waals surface area contributed by atoms with Gasteiger partial charge in [-0.3, -0.25) is 9.69 Å². The zero-order valence-corrected chi connectivity index (χ0v) is 13.0. The summed E-state index contributed by atoms with van der Waals surface area (Å²) >= 11 is 0. The summed E-state index contributed by atoms with van der Waals surface area (Å²) in [6.07, 6.45) is 1.28. The van der Waals surface area contributed by atoms with Crippen LogP contribution < -0.4 is 16.0 Å². The van der Waals surface area contributed by atoms with E-state index in [1.807, 2.05) is 6.07 Å². The van der Waals surface area contributed by atoms with Gasteiger partial charge in [0.1, 0.15) is 5.82 Å². The molecular weight excluding hydrogens is 315 g/mol. The van der Waals surface area contributed by atoms with Gasteiger partial charge >= 0.3 is 12.1 Å². The minimum Gasteiger partial charge on any atom is -0.338 e. The Labute approximate surface area is 138 Å². The van der Waals surface area contributed by atoms with E-state index in [1.54, 1.807) is 6.07 Å². The topological polar surface area (TPSA) is 90.5 Å². The van der Waals surface area contributed by atoms with Crippen molar-refractivity contribution in [3.63, 3.8) is 0 Å². The first-order valence-corrected chi connectivity index (χ1v) is 7.92. The lowest BCUT2D eigenvalue weighted by molar-refractivity contribution is -0.125. The average molecular weight is 334 g/mol. The predicted octanol–water partition coefficient (Wildman–Crippen LogP) is 0.923. The average Bonchev–Trinajstić information content (AvgIpc) is 3.24. The number of halogens is 1. The van der Waals surface area contributed by atoms with Gasteiger partial charge in [0.25, 0.3) is 0 Å². The molecule has 7 nitrogen and oxygen atoms in total. The van der Waals surface area contributed by atoms with E-state index < -0.39 is 0 Å². The van der Waals surface area contributed by atoms with Crippen LogP contribution in [0.2, 0.25) is 0 Å². The number of carbonyl (C=O) groups excluding carboxylic acids is 3. The molecule has 0 unspecified atom stereocenters. The van der Waals surface area contributed by atoms with Crippen LogP contribution in [0.3, 0.4) is 0 Å². The summed E-state index contributed by atoms with van der Waals surface area (Å²) in [6.45, 7) is 0.677. The molecule has 3 rings (SSSR count). The number of nitrogens with one attached hydrogen (secondary N) is 3. The first kappa shape index (κ1) is 16.2. The molecule has 2 fully saturated rings. The Morgan fingerprint density at radius 3 is 2.92 bits per heavy atom. The molecule has 2 aliphatic rings. The molecule has 128 valence electrons. The highest BCUT2D eigenvalue weighted by molar-refractivity contribution is 6.01. The molecule has 3 N–H and O–H groups in total. The second-order valence-electron chi connectivity index (χ2n) is 5.96. The minimum absolute atomic E-state index is 0.0118. The minimum atomic E-state index is -0.389. The van der Waals surface area contributed by atoms with Crippen molar-refractivity contribution in [2.24, 2.45) is 0 Å². The van der Waals surface area contributed by atoms with Crippen molar-refractivity contribution in [1.29, 1.82) is 0 Å². The fourth-order valence-electron chi connectivity index (χ4n) is 2.80. The molecule has 5 amide bonds. The summed E-state index contributed by atoms with van der Waals surface area (Å²) in [4.78, 5) is 35.7. The number of nitrogens with zero attached hydrogens (tertiary/aromatic N) is 1. The van der Waals surface area contributed by atoms with Gasteiger partial charge in [-0.1, -0.05) is 12.1 Å². The van der Waals surface area contributed by atoms with E-state index in [0.717, 1.165) is 16.9 Å². The van der Waals surface area contributed by atoms with Crippen LogP contribution in [0.4, 0.5) is 14.0 Å². The van der Waals surface area contributed by atoms with Crippen molar-refractivity contribution in [1.82, 2.24) is 20.9 Å². The maximum absolute atomic E-state index is 13.2. The van der Waals surface area contributed by atoms with E-state index >= 15 is 0 Å². The molecule has 0 spiro atoms. The third-order valence-corrected chi connectivity index (χ3v) is 4.16. The number of hydrogen-bond acceptors (Lipinski definition) is 3. The SMILES string of the molecule is O=C(NCCCN1C(=O)CNC1=O)N[C@H]1C[C@@H]1c1cccc(F)c1. The van der Waals surface area contributed by atoms with E-state index in [2.05, 4.69) is 16.0 Å². The number of urea groups is 2. The molecule has 1 aromatic carbocycles. The Morgan fingerprint density at radius 2 is 2.21 bits per heavy atom. The van der Waals surface area contributed by atoms with Gasteiger partial charge in [-0.2, -0.15) is 0 Å². The van der Waals surface area contributed by atoms with Gasteiger partial charge in [0, 0.05) is 25.0 Å². The summed E-state index contributed by atoms with van der Waals surface area (Å²) in [5, 5.41) is 7.97. The van der Waals surface area contributed by atoms with E-state index in [1.165, 1.54) is 12.1 Å². The van der Waals surface area contributed by atoms with Crippen LogP contribution in [-0.4, -0.2) is 48.5 Å². The van der Waals surface area contributed by atoms with Crippen molar-refractivity contribution in [3.05, 3.63) is 35.6 Å². The Morgan fingerprint density at radius 1 is 1.38 bits per heavy atom. The largest absolute Gasteiger partial charge is 0.338 e. The molecule has 1 aromatic rings. The van der Waals surface area contributed by atoms with Crippen LogP contribution in [0.1, 0.15) is 24.3 Å². The molecule has 8 heteroatoms. The Hall–Kier alpha value is -2.64. The Balaban J connectivity index is 1.34. The van der Waals surface area contributed by atoms with Crippen LogP contribution in [0.15, 0.2) is 24.3 Å². The molecule has 0 bridgehead atoms. The van der Waals surface area contributed by atoms with Crippen LogP contribution in [0, 0.1) is 5.82 Å². The monoisotopic (exact) mass is 334 g/mol. The van der Waals surface area contributed by atoms with Crippen molar-refractivity contribution >= 4 is 18.0 Å². The summed E-state index contributed by atoms with van der Waals surface area (Å²) in [6, 6.07) is 5.73. The van der Waals surface area contributed by atoms with Gasteiger partial charge in [-0.25, -0.2) is 14.0 Å². The lowest BCUT2D eigenvalue weighted by Crippen LogP contribution is -2.39. The first-order chi connectivity index (χ1) is 11.5. The van der Waals surface area contributed by atoms with Gasteiger partial charge < -0.3 is 16.0 Å². The fourth-order valence-corrected chi connectivity index (χ4v) is 2.80. The van der Waals surface area contributed by atoms with E-state index in [9.17, 15) is 18.8 Å². The zero-order valence-electron chi connectivity index (χ0n) is 13.0. The number of carbonyl (C=O) groups is 3. The lowest BCUT2D eigenvalue weighted by Gasteiger charge is -2.12. The van der Waals surface area contributed by atoms with Gasteiger partial charge in [-0.05, 0) is 30.5 Å². The number of rotatable bonds is 6. The molecule has 1 heterocycles. The highest BCUT2D eigenvalue weighted by Gasteiger charge is 2.39. The predicted molar refractivity (Wildman–Crippen MR) is 83.8 cm³/mol. The van der Waals surface area contributed by atoms with E-state index in [0.29, 0.717) is 13.0 Å². The molecule has 1 saturated carbocycles. The first-order valence-electron chi connectivity index (χ1n) is 7.92. The third-order valence-electron chi connectivity index (χ3n) is 4.16. The molecule has 1 saturated heterocycles. The number of imide groups is 1. The molecule has 1 aliphatic heterocycles. The summed E-state index contributed by atoms with van der Waals surface area (Å²) in [7, 11) is 0. The molecule has 2 atom stereocenters. The Kier molecular flexibility index (Phi) is 4.64. The Bertz CT molecular complexity index is 650. The quantitative estimate of drug-likeness (QED) is 0.534. The van der Waals surface area contributed by atoms with Crippen LogP contribution in [0.5, 0.6) is 0 Å². The highest BCUT2D eigenvalue weighted by atomic mass is 19.1. The summed E-state index contributed by atoms with van der Waals surface area (Å²) in [5.74, 6) is -0.374. The number of hydrogen-bond donors (Lipinski definition) is 3. The van der Waals surface area contributed by atoms with E-state index in [-0.39, 0.29) is 48.8 Å². The molecule has 0 aromatic heterocycles. The number of amides is 5. The molecule has 0 radical (unpaired) electrons. The van der Waals surface area contributed by atoms with Crippen molar-refractivity contribution in [2.75, 3.05) is 19.6 Å². The van der Waals surface area contributed by atoms with Gasteiger partial charge in [0.15, 0.2) is 0 Å². The third kappa shape index (κ3) is 3.81. The van der Waals surface area contributed by atoms with Crippen LogP contribution in [0.25, 0.3) is 0 Å². The maximum atomic E-state index is 13.2. The molecular formula is C16H19FN4O3. The number of benzene rings is 1. The molecule has 1 aliphatic carbocycles. The smallest absolute Gasteiger partial charge is 0.324 e. The maximum Gasteiger partial charge on any atom is 0.324 e. The molecule has 24 heavy (non-hydrogen) atoms. The standard InChI is InChI=1S/C16H19FN4O3/c17-11-4-1-3-10(7-11)12-8-13(12)20-15(23)18-5-2-6-21-14(22)9-19-16(21)24/h1,3-4,7,12-13H,2,5-6,8-9H2,(H,19,24)(H2,18,20,23)/t12-,13+/m1/s1. The van der Waals surface area contributed by atoms with Gasteiger partial charge in [-0.15, -0.1) is 0 Å². The van der Waals surface area contributed by atoms with Gasteiger partial charge in [0.05, 0.1) is 6.54 Å². The van der Waals surface area contributed by atoms with Crippen molar-refractivity contribution in [2.45, 2.75) is 24.8 Å². The lowest BCUT2D eigenvalue weighted by atomic mass is 10.1. The second-order valence-corrected chi connectivity index (χ2v) is 5.96. The van der Waals surface area contributed by atoms with Crippen LogP contribution >= 0.6 is 0 Å². The highest BCUT2D eigenvalue weighted by Crippen LogP contribution is 2.40. The van der Waals surface area contributed by atoms with E-state index in [4.69, 9.17) is 0 Å². The second kappa shape index (κ2) is 6.86. The van der Waals surface area contributed by atoms with Gasteiger partial charge in [0.2, 0.25) is 5.91 Å². The van der Waals surface area contributed by atoms with Crippen molar-refractivity contribution in [3.8, 4) is 0 Å². The zero-order chi connectivity index (χ0) is 17.1. The summed E-state index contributed by atoms with van der Waals surface area (Å²) < 4.78 is 13.2. The normalized spacial score (nSPS) is 22.3.